The van der Waals surface area contributed by atoms with Crippen molar-refractivity contribution in [3.05, 3.63) is 100 Å². The fourth-order valence-corrected chi connectivity index (χ4v) is 3.43. The van der Waals surface area contributed by atoms with Gasteiger partial charge in [0.1, 0.15) is 17.3 Å². The van der Waals surface area contributed by atoms with Gasteiger partial charge in [-0.2, -0.15) is 0 Å². The molecule has 0 aliphatic rings. The summed E-state index contributed by atoms with van der Waals surface area (Å²) in [6.45, 7) is 0.775. The number of rotatable bonds is 7. The summed E-state index contributed by atoms with van der Waals surface area (Å²) in [5.74, 6) is -0.704. The van der Waals surface area contributed by atoms with Crippen molar-refractivity contribution in [2.45, 2.75) is 13.1 Å². The maximum Gasteiger partial charge on any atom is 0.252 e. The zero-order valence-electron chi connectivity index (χ0n) is 16.3. The summed E-state index contributed by atoms with van der Waals surface area (Å²) < 4.78 is 16.7. The molecule has 0 bridgehead atoms. The molecule has 0 radical (unpaired) electrons. The summed E-state index contributed by atoms with van der Waals surface area (Å²) in [4.78, 5) is 18.0. The van der Waals surface area contributed by atoms with Gasteiger partial charge in [0.2, 0.25) is 0 Å². The maximum absolute atomic E-state index is 13.9. The molecule has 2 aromatic heterocycles. The van der Waals surface area contributed by atoms with Crippen LogP contribution < -0.4 is 10.6 Å². The minimum Gasteiger partial charge on any atom is -0.365 e. The highest BCUT2D eigenvalue weighted by molar-refractivity contribution is 9.10. The first-order valence-electron chi connectivity index (χ1n) is 9.41. The Morgan fingerprint density at radius 3 is 2.68 bits per heavy atom. The van der Waals surface area contributed by atoms with E-state index in [2.05, 4.69) is 31.2 Å². The third-order valence-corrected chi connectivity index (χ3v) is 5.12. The molecule has 0 aliphatic carbocycles. The molecule has 0 aliphatic heterocycles. The first-order chi connectivity index (χ1) is 15.0. The van der Waals surface area contributed by atoms with Crippen molar-refractivity contribution in [1.29, 1.82) is 0 Å². The van der Waals surface area contributed by atoms with Crippen LogP contribution in [-0.4, -0.2) is 25.9 Å². The van der Waals surface area contributed by atoms with Crippen molar-refractivity contribution >= 4 is 33.3 Å². The van der Waals surface area contributed by atoms with Crippen LogP contribution in [0, 0.1) is 5.82 Å². The van der Waals surface area contributed by atoms with E-state index in [-0.39, 0.29) is 12.1 Å². The second-order valence-corrected chi connectivity index (χ2v) is 7.75. The zero-order chi connectivity index (χ0) is 21.8. The van der Waals surface area contributed by atoms with E-state index in [9.17, 15) is 9.18 Å². The fourth-order valence-electron chi connectivity index (χ4n) is 3.16. The highest BCUT2D eigenvalue weighted by Crippen LogP contribution is 2.28. The minimum absolute atomic E-state index is 0.223. The monoisotopic (exact) mass is 480 g/mol. The molecule has 4 rings (SSSR count). The van der Waals surface area contributed by atoms with Gasteiger partial charge in [0.05, 0.1) is 24.8 Å². The van der Waals surface area contributed by atoms with Gasteiger partial charge in [0.25, 0.3) is 5.91 Å². The van der Waals surface area contributed by atoms with Crippen molar-refractivity contribution in [2.24, 2.45) is 5.73 Å². The Balaban J connectivity index is 1.65. The summed E-state index contributed by atoms with van der Waals surface area (Å²) in [5.41, 5.74) is 7.99. The highest BCUT2D eigenvalue weighted by atomic mass is 79.9. The van der Waals surface area contributed by atoms with E-state index in [1.54, 1.807) is 46.2 Å². The van der Waals surface area contributed by atoms with Gasteiger partial charge in [0, 0.05) is 16.4 Å². The Hall–Kier alpha value is -3.59. The molecule has 2 N–H and O–H groups in total. The number of carbonyl (C=O) groups is 1. The SMILES string of the molecule is NC(=O)c1cccnc1N(Cc1cn(Cc2ccc(Br)cc2)nn1)c1cccc(F)c1. The maximum atomic E-state index is 13.9. The van der Waals surface area contributed by atoms with Crippen molar-refractivity contribution in [2.75, 3.05) is 4.90 Å². The lowest BCUT2D eigenvalue weighted by Crippen LogP contribution is -2.23. The summed E-state index contributed by atoms with van der Waals surface area (Å²) in [6, 6.07) is 17.2. The Morgan fingerprint density at radius 1 is 1.13 bits per heavy atom. The van der Waals surface area contributed by atoms with Gasteiger partial charge < -0.3 is 10.6 Å². The lowest BCUT2D eigenvalue weighted by atomic mass is 10.2. The third kappa shape index (κ3) is 4.95. The summed E-state index contributed by atoms with van der Waals surface area (Å²) in [5, 5.41) is 8.43. The number of pyridine rings is 1. The second-order valence-electron chi connectivity index (χ2n) is 6.84. The molecule has 31 heavy (non-hydrogen) atoms. The van der Waals surface area contributed by atoms with Crippen LogP contribution in [-0.2, 0) is 13.1 Å². The van der Waals surface area contributed by atoms with E-state index in [4.69, 9.17) is 5.73 Å². The molecular weight excluding hydrogens is 463 g/mol. The average molecular weight is 481 g/mol. The molecule has 7 nitrogen and oxygen atoms in total. The predicted octanol–water partition coefficient (Wildman–Crippen LogP) is 4.06. The molecule has 1 amide bonds. The van der Waals surface area contributed by atoms with Crippen molar-refractivity contribution in [3.8, 4) is 0 Å². The first kappa shape index (κ1) is 20.7. The Kier molecular flexibility index (Phi) is 6.03. The van der Waals surface area contributed by atoms with Gasteiger partial charge in [-0.3, -0.25) is 4.79 Å². The molecule has 156 valence electrons. The Bertz CT molecular complexity index is 1210. The van der Waals surface area contributed by atoms with Gasteiger partial charge in [-0.05, 0) is 48.0 Å². The number of aromatic nitrogens is 4. The molecule has 2 heterocycles. The number of amides is 1. The number of nitrogens with zero attached hydrogens (tertiary/aromatic N) is 5. The standard InChI is InChI=1S/C22H18BrFN6O/c23-16-8-6-15(7-9-16)12-29-13-18(27-28-29)14-30(19-4-1-3-17(24)11-19)22-20(21(25)31)5-2-10-26-22/h1-11,13H,12,14H2,(H2,25,31). The van der Waals surface area contributed by atoms with Crippen molar-refractivity contribution < 1.29 is 9.18 Å². The molecule has 0 unspecified atom stereocenters. The van der Waals surface area contributed by atoms with E-state index in [1.807, 2.05) is 24.3 Å². The molecule has 0 saturated carbocycles. The van der Waals surface area contributed by atoms with E-state index in [0.29, 0.717) is 23.7 Å². The molecule has 0 saturated heterocycles. The number of halogens is 2. The van der Waals surface area contributed by atoms with Gasteiger partial charge in [-0.25, -0.2) is 14.1 Å². The lowest BCUT2D eigenvalue weighted by Gasteiger charge is -2.24. The van der Waals surface area contributed by atoms with E-state index >= 15 is 0 Å². The molecule has 4 aromatic rings. The molecule has 0 fully saturated rings. The Morgan fingerprint density at radius 2 is 1.94 bits per heavy atom. The van der Waals surface area contributed by atoms with Crippen LogP contribution in [0.4, 0.5) is 15.9 Å². The van der Waals surface area contributed by atoms with Gasteiger partial charge >= 0.3 is 0 Å². The number of carbonyl (C=O) groups excluding carboxylic acids is 1. The van der Waals surface area contributed by atoms with E-state index < -0.39 is 11.7 Å². The molecule has 2 aromatic carbocycles. The largest absolute Gasteiger partial charge is 0.365 e. The van der Waals surface area contributed by atoms with Crippen molar-refractivity contribution in [1.82, 2.24) is 20.0 Å². The molecule has 0 atom stereocenters. The summed E-state index contributed by atoms with van der Waals surface area (Å²) >= 11 is 3.42. The molecule has 9 heteroatoms. The van der Waals surface area contributed by atoms with Crippen LogP contribution in [0.25, 0.3) is 0 Å². The van der Waals surface area contributed by atoms with Crippen molar-refractivity contribution in [3.63, 3.8) is 0 Å². The molecule has 0 spiro atoms. The topological polar surface area (TPSA) is 89.9 Å². The number of benzene rings is 2. The van der Waals surface area contributed by atoms with Gasteiger partial charge in [0.15, 0.2) is 0 Å². The van der Waals surface area contributed by atoms with Crippen LogP contribution in [0.5, 0.6) is 0 Å². The fraction of sp³-hybridized carbons (Fsp3) is 0.0909. The van der Waals surface area contributed by atoms with Crippen LogP contribution in [0.3, 0.4) is 0 Å². The van der Waals surface area contributed by atoms with E-state index in [1.165, 1.54) is 12.1 Å². The third-order valence-electron chi connectivity index (χ3n) is 4.59. The summed E-state index contributed by atoms with van der Waals surface area (Å²) in [6.07, 6.45) is 3.36. The molecular formula is C22H18BrFN6O. The average Bonchev–Trinajstić information content (AvgIpc) is 3.20. The quantitative estimate of drug-likeness (QED) is 0.430. The lowest BCUT2D eigenvalue weighted by molar-refractivity contribution is 0.100. The van der Waals surface area contributed by atoms with Gasteiger partial charge in [-0.15, -0.1) is 5.10 Å². The number of hydrogen-bond donors (Lipinski definition) is 1. The number of anilines is 2. The number of primary amides is 1. The van der Waals surface area contributed by atoms with Crippen LogP contribution in [0.1, 0.15) is 21.6 Å². The van der Waals surface area contributed by atoms with Crippen LogP contribution in [0.15, 0.2) is 77.5 Å². The summed E-state index contributed by atoms with van der Waals surface area (Å²) in [7, 11) is 0. The Labute approximate surface area is 186 Å². The second kappa shape index (κ2) is 9.05. The highest BCUT2D eigenvalue weighted by Gasteiger charge is 2.20. The predicted molar refractivity (Wildman–Crippen MR) is 118 cm³/mol. The van der Waals surface area contributed by atoms with Crippen LogP contribution >= 0.6 is 15.9 Å². The zero-order valence-corrected chi connectivity index (χ0v) is 17.9. The van der Waals surface area contributed by atoms with E-state index in [0.717, 1.165) is 10.0 Å². The number of hydrogen-bond acceptors (Lipinski definition) is 5. The minimum atomic E-state index is -0.622. The normalized spacial score (nSPS) is 10.8. The van der Waals surface area contributed by atoms with Crippen LogP contribution in [0.2, 0.25) is 0 Å². The first-order valence-corrected chi connectivity index (χ1v) is 10.2. The number of nitrogens with two attached hydrogens (primary N) is 1. The smallest absolute Gasteiger partial charge is 0.252 e. The van der Waals surface area contributed by atoms with Gasteiger partial charge in [-0.1, -0.05) is 39.3 Å².